The van der Waals surface area contributed by atoms with Gasteiger partial charge in [-0.05, 0) is 37.1 Å². The summed E-state index contributed by atoms with van der Waals surface area (Å²) < 4.78 is 69.5. The lowest BCUT2D eigenvalue weighted by molar-refractivity contribution is -0.193. The molecule has 1 aliphatic heterocycles. The number of morpholine rings is 1. The van der Waals surface area contributed by atoms with Crippen LogP contribution in [0.3, 0.4) is 0 Å². The zero-order valence-electron chi connectivity index (χ0n) is 20.0. The average molecular weight is 566 g/mol. The summed E-state index contributed by atoms with van der Waals surface area (Å²) in [6, 6.07) is 7.73. The molecular formula is C23H24F6N4O6. The Labute approximate surface area is 217 Å². The number of pyridine rings is 2. The number of carboxylic acids is 2. The normalized spacial score (nSPS) is 20.4. The molecule has 3 heterocycles. The van der Waals surface area contributed by atoms with Crippen LogP contribution in [0.2, 0.25) is 0 Å². The quantitative estimate of drug-likeness (QED) is 0.474. The Morgan fingerprint density at radius 2 is 1.51 bits per heavy atom. The molecule has 3 unspecified atom stereocenters. The van der Waals surface area contributed by atoms with E-state index in [1.54, 1.807) is 24.7 Å². The van der Waals surface area contributed by atoms with E-state index in [0.29, 0.717) is 24.6 Å². The molecule has 1 amide bonds. The molecule has 2 aromatic rings. The van der Waals surface area contributed by atoms with Crippen molar-refractivity contribution in [3.8, 4) is 0 Å². The minimum Gasteiger partial charge on any atom is -0.475 e. The van der Waals surface area contributed by atoms with Gasteiger partial charge in [-0.15, -0.1) is 0 Å². The molecule has 3 atom stereocenters. The highest BCUT2D eigenvalue weighted by molar-refractivity contribution is 5.94. The first-order valence-corrected chi connectivity index (χ1v) is 11.3. The number of carbonyl (C=O) groups is 3. The van der Waals surface area contributed by atoms with Crippen LogP contribution in [0.4, 0.5) is 32.0 Å². The fourth-order valence-corrected chi connectivity index (χ4v) is 3.90. The summed E-state index contributed by atoms with van der Waals surface area (Å²) in [4.78, 5) is 40.8. The third-order valence-corrected chi connectivity index (χ3v) is 5.60. The first-order chi connectivity index (χ1) is 18.2. The Morgan fingerprint density at radius 1 is 0.949 bits per heavy atom. The van der Waals surface area contributed by atoms with Gasteiger partial charge in [0.2, 0.25) is 0 Å². The van der Waals surface area contributed by atoms with E-state index in [1.165, 1.54) is 0 Å². The maximum absolute atomic E-state index is 12.8. The number of carboxylic acid groups (broad SMARTS) is 2. The number of anilines is 1. The monoisotopic (exact) mass is 566 g/mol. The van der Waals surface area contributed by atoms with Crippen molar-refractivity contribution in [1.82, 2.24) is 14.9 Å². The van der Waals surface area contributed by atoms with Gasteiger partial charge in [0.15, 0.2) is 0 Å². The van der Waals surface area contributed by atoms with Crippen molar-refractivity contribution in [3.63, 3.8) is 0 Å². The summed E-state index contributed by atoms with van der Waals surface area (Å²) in [5, 5.41) is 17.7. The first-order valence-electron chi connectivity index (χ1n) is 11.3. The van der Waals surface area contributed by atoms with Crippen LogP contribution >= 0.6 is 0 Å². The number of hydrogen-bond donors (Lipinski definition) is 3. The number of ether oxygens (including phenoxy) is 1. The van der Waals surface area contributed by atoms with Crippen molar-refractivity contribution in [2.24, 2.45) is 5.92 Å². The van der Waals surface area contributed by atoms with Gasteiger partial charge in [0.1, 0.15) is 0 Å². The van der Waals surface area contributed by atoms with Crippen LogP contribution in [0.5, 0.6) is 0 Å². The smallest absolute Gasteiger partial charge is 0.475 e. The molecule has 2 aliphatic rings. The fourth-order valence-electron chi connectivity index (χ4n) is 3.90. The minimum atomic E-state index is -5.08. The maximum Gasteiger partial charge on any atom is 0.490 e. The molecule has 10 nitrogen and oxygen atoms in total. The molecule has 2 aromatic heterocycles. The molecule has 0 aromatic carbocycles. The zero-order chi connectivity index (χ0) is 29.2. The van der Waals surface area contributed by atoms with Gasteiger partial charge in [-0.25, -0.2) is 9.59 Å². The van der Waals surface area contributed by atoms with E-state index >= 15 is 0 Å². The molecule has 39 heavy (non-hydrogen) atoms. The predicted octanol–water partition coefficient (Wildman–Crippen LogP) is 3.47. The molecule has 1 saturated carbocycles. The number of aromatic nitrogens is 2. The van der Waals surface area contributed by atoms with E-state index in [2.05, 4.69) is 15.3 Å². The Bertz CT molecular complexity index is 1060. The van der Waals surface area contributed by atoms with Gasteiger partial charge in [0.25, 0.3) is 5.91 Å². The molecule has 214 valence electrons. The van der Waals surface area contributed by atoms with Crippen molar-refractivity contribution in [2.45, 2.75) is 37.3 Å². The number of rotatable bonds is 4. The van der Waals surface area contributed by atoms with Gasteiger partial charge in [0.05, 0.1) is 30.0 Å². The highest BCUT2D eigenvalue weighted by Crippen LogP contribution is 2.35. The van der Waals surface area contributed by atoms with E-state index in [4.69, 9.17) is 24.5 Å². The van der Waals surface area contributed by atoms with E-state index in [9.17, 15) is 31.1 Å². The summed E-state index contributed by atoms with van der Waals surface area (Å²) in [7, 11) is 0. The highest BCUT2D eigenvalue weighted by atomic mass is 19.4. The molecule has 0 spiro atoms. The zero-order valence-corrected chi connectivity index (χ0v) is 20.0. The van der Waals surface area contributed by atoms with Gasteiger partial charge in [-0.2, -0.15) is 26.3 Å². The van der Waals surface area contributed by atoms with Crippen molar-refractivity contribution in [2.75, 3.05) is 25.0 Å². The number of carbonyl (C=O) groups excluding carboxylic acids is 1. The molecular weight excluding hydrogens is 542 g/mol. The largest absolute Gasteiger partial charge is 0.490 e. The van der Waals surface area contributed by atoms with Crippen LogP contribution in [0, 0.1) is 5.92 Å². The Hall–Kier alpha value is -3.95. The van der Waals surface area contributed by atoms with Crippen LogP contribution in [-0.2, 0) is 14.3 Å². The molecule has 16 heteroatoms. The molecule has 0 bridgehead atoms. The second kappa shape index (κ2) is 13.7. The van der Waals surface area contributed by atoms with E-state index < -0.39 is 24.3 Å². The van der Waals surface area contributed by atoms with E-state index in [-0.39, 0.29) is 18.1 Å². The number of aliphatic carboxylic acids is 2. The number of hydrogen-bond acceptors (Lipinski definition) is 7. The predicted molar refractivity (Wildman–Crippen MR) is 122 cm³/mol. The van der Waals surface area contributed by atoms with Crippen LogP contribution in [0.1, 0.15) is 23.2 Å². The van der Waals surface area contributed by atoms with Gasteiger partial charge < -0.3 is 25.2 Å². The Balaban J connectivity index is 0.000000317. The number of fused-ring (bicyclic) bond motifs is 1. The number of nitrogens with one attached hydrogen (secondary N) is 1. The maximum atomic E-state index is 12.8. The summed E-state index contributed by atoms with van der Waals surface area (Å²) in [6.07, 6.45) is -1.11. The minimum absolute atomic E-state index is 0.0623. The lowest BCUT2D eigenvalue weighted by Gasteiger charge is -2.39. The second-order valence-electron chi connectivity index (χ2n) is 8.21. The summed E-state index contributed by atoms with van der Waals surface area (Å²) >= 11 is 0. The van der Waals surface area contributed by atoms with Crippen LogP contribution in [0.25, 0.3) is 0 Å². The lowest BCUT2D eigenvalue weighted by Crippen LogP contribution is -2.53. The van der Waals surface area contributed by atoms with Crippen molar-refractivity contribution in [3.05, 3.63) is 54.6 Å². The SMILES string of the molecule is O=C(O)C(F)(F)F.O=C(O)C(F)(F)F.O=C(c1cccnc1)N1CCOC2C(CNc3cccnc3)CCC21. The fraction of sp³-hybridized carbons (Fsp3) is 0.435. The number of nitrogens with zero attached hydrogens (tertiary/aromatic N) is 3. The average Bonchev–Trinajstić information content (AvgIpc) is 3.31. The first kappa shape index (κ1) is 31.3. The Morgan fingerprint density at radius 3 is 2.00 bits per heavy atom. The number of amides is 1. The van der Waals surface area contributed by atoms with Crippen molar-refractivity contribution < 1.29 is 55.7 Å². The third kappa shape index (κ3) is 9.70. The molecule has 1 aliphatic carbocycles. The van der Waals surface area contributed by atoms with E-state index in [1.807, 2.05) is 29.3 Å². The van der Waals surface area contributed by atoms with E-state index in [0.717, 1.165) is 25.1 Å². The summed E-state index contributed by atoms with van der Waals surface area (Å²) in [6.45, 7) is 2.08. The summed E-state index contributed by atoms with van der Waals surface area (Å²) in [5.74, 6) is -5.05. The molecule has 3 N–H and O–H groups in total. The Kier molecular flexibility index (Phi) is 11.0. The second-order valence-corrected chi connectivity index (χ2v) is 8.21. The van der Waals surface area contributed by atoms with Crippen molar-refractivity contribution >= 4 is 23.5 Å². The van der Waals surface area contributed by atoms with Crippen molar-refractivity contribution in [1.29, 1.82) is 0 Å². The molecule has 4 rings (SSSR count). The van der Waals surface area contributed by atoms with Crippen LogP contribution < -0.4 is 5.32 Å². The number of halogens is 6. The topological polar surface area (TPSA) is 142 Å². The lowest BCUT2D eigenvalue weighted by atomic mass is 10.0. The third-order valence-electron chi connectivity index (χ3n) is 5.60. The highest BCUT2D eigenvalue weighted by Gasteiger charge is 2.44. The summed E-state index contributed by atoms with van der Waals surface area (Å²) in [5.41, 5.74) is 1.67. The van der Waals surface area contributed by atoms with Crippen LogP contribution in [-0.4, -0.2) is 87.1 Å². The van der Waals surface area contributed by atoms with Crippen LogP contribution in [0.15, 0.2) is 49.1 Å². The molecule has 0 radical (unpaired) electrons. The standard InChI is InChI=1S/C19H22N4O2.2C2HF3O2/c24-19(15-3-1-7-20-11-15)23-9-10-25-18-14(5-6-17(18)23)12-22-16-4-2-8-21-13-16;2*3-2(4,5)1(6)7/h1-4,7-8,11,13-14,17-18,22H,5-6,9-10,12H2;2*(H,6,7). The van der Waals surface area contributed by atoms with Gasteiger partial charge >= 0.3 is 24.3 Å². The number of alkyl halides is 6. The van der Waals surface area contributed by atoms with Gasteiger partial charge in [-0.1, -0.05) is 0 Å². The molecule has 2 fully saturated rings. The molecule has 1 saturated heterocycles. The van der Waals surface area contributed by atoms with Gasteiger partial charge in [0, 0.05) is 43.8 Å². The van der Waals surface area contributed by atoms with Gasteiger partial charge in [-0.3, -0.25) is 14.8 Å².